The predicted octanol–water partition coefficient (Wildman–Crippen LogP) is 3.38. The molecule has 1 aliphatic rings. The van der Waals surface area contributed by atoms with E-state index in [1.165, 1.54) is 5.56 Å². The highest BCUT2D eigenvalue weighted by Gasteiger charge is 2.23. The second kappa shape index (κ2) is 6.10. The van der Waals surface area contributed by atoms with Crippen LogP contribution in [0.2, 0.25) is 0 Å². The fourth-order valence-corrected chi connectivity index (χ4v) is 2.81. The fourth-order valence-electron chi connectivity index (χ4n) is 2.81. The van der Waals surface area contributed by atoms with Crippen molar-refractivity contribution in [1.82, 2.24) is 0 Å². The molecule has 2 aromatic carbocycles. The van der Waals surface area contributed by atoms with Crippen molar-refractivity contribution in [2.45, 2.75) is 31.9 Å². The van der Waals surface area contributed by atoms with Gasteiger partial charge in [-0.15, -0.1) is 0 Å². The molecule has 2 aromatic rings. The third kappa shape index (κ3) is 2.98. The van der Waals surface area contributed by atoms with Gasteiger partial charge in [-0.3, -0.25) is 0 Å². The summed E-state index contributed by atoms with van der Waals surface area (Å²) < 4.78 is 5.71. The molecule has 3 rings (SSSR count). The minimum Gasteiger partial charge on any atom is -0.454 e. The van der Waals surface area contributed by atoms with Crippen molar-refractivity contribution in [2.24, 2.45) is 5.73 Å². The molecule has 1 unspecified atom stereocenters. The van der Waals surface area contributed by atoms with Crippen LogP contribution >= 0.6 is 0 Å². The van der Waals surface area contributed by atoms with Gasteiger partial charge >= 0.3 is 5.97 Å². The van der Waals surface area contributed by atoms with E-state index in [4.69, 9.17) is 10.5 Å². The van der Waals surface area contributed by atoms with Gasteiger partial charge in [-0.2, -0.15) is 0 Å². The van der Waals surface area contributed by atoms with E-state index in [0.29, 0.717) is 12.1 Å². The van der Waals surface area contributed by atoms with Crippen LogP contribution in [0.5, 0.6) is 0 Å². The number of benzene rings is 2. The average molecular weight is 281 g/mol. The SMILES string of the molecule is NCc1ccc(C(=O)OC2CCCc3ccccc32)cc1. The van der Waals surface area contributed by atoms with Gasteiger partial charge < -0.3 is 10.5 Å². The Bertz CT molecular complexity index is 634. The Kier molecular flexibility index (Phi) is 4.02. The van der Waals surface area contributed by atoms with E-state index in [1.807, 2.05) is 24.3 Å². The van der Waals surface area contributed by atoms with E-state index in [-0.39, 0.29) is 12.1 Å². The molecule has 0 fully saturated rings. The number of hydrogen-bond acceptors (Lipinski definition) is 3. The molecule has 0 spiro atoms. The normalized spacial score (nSPS) is 17.1. The maximum absolute atomic E-state index is 12.3. The van der Waals surface area contributed by atoms with Crippen molar-refractivity contribution in [3.05, 3.63) is 70.8 Å². The van der Waals surface area contributed by atoms with E-state index in [9.17, 15) is 4.79 Å². The first-order valence-electron chi connectivity index (χ1n) is 7.35. The van der Waals surface area contributed by atoms with Crippen molar-refractivity contribution < 1.29 is 9.53 Å². The summed E-state index contributed by atoms with van der Waals surface area (Å²) in [7, 11) is 0. The van der Waals surface area contributed by atoms with Gasteiger partial charge in [0.1, 0.15) is 6.10 Å². The smallest absolute Gasteiger partial charge is 0.338 e. The quantitative estimate of drug-likeness (QED) is 0.877. The molecule has 0 aliphatic heterocycles. The molecule has 0 saturated heterocycles. The Morgan fingerprint density at radius 2 is 1.90 bits per heavy atom. The maximum atomic E-state index is 12.3. The highest BCUT2D eigenvalue weighted by molar-refractivity contribution is 5.89. The minimum absolute atomic E-state index is 0.128. The van der Waals surface area contributed by atoms with E-state index >= 15 is 0 Å². The zero-order valence-corrected chi connectivity index (χ0v) is 11.9. The first-order valence-corrected chi connectivity index (χ1v) is 7.35. The van der Waals surface area contributed by atoms with Crippen molar-refractivity contribution in [1.29, 1.82) is 0 Å². The standard InChI is InChI=1S/C18H19NO2/c19-12-13-8-10-15(11-9-13)18(20)21-17-7-3-5-14-4-1-2-6-16(14)17/h1-2,4,6,8-11,17H,3,5,7,12,19H2. The van der Waals surface area contributed by atoms with Crippen LogP contribution in [-0.4, -0.2) is 5.97 Å². The zero-order chi connectivity index (χ0) is 14.7. The van der Waals surface area contributed by atoms with Crippen molar-refractivity contribution >= 4 is 5.97 Å². The van der Waals surface area contributed by atoms with Crippen molar-refractivity contribution in [3.63, 3.8) is 0 Å². The molecule has 0 amide bonds. The topological polar surface area (TPSA) is 52.3 Å². The summed E-state index contributed by atoms with van der Waals surface area (Å²) >= 11 is 0. The molecule has 0 saturated carbocycles. The Morgan fingerprint density at radius 1 is 1.14 bits per heavy atom. The summed E-state index contributed by atoms with van der Waals surface area (Å²) in [5, 5.41) is 0. The summed E-state index contributed by atoms with van der Waals surface area (Å²) in [6.45, 7) is 0.478. The Labute approximate surface area is 124 Å². The van der Waals surface area contributed by atoms with Gasteiger partial charge in [-0.25, -0.2) is 4.79 Å². The Hall–Kier alpha value is -2.13. The molecule has 3 heteroatoms. The summed E-state index contributed by atoms with van der Waals surface area (Å²) in [6, 6.07) is 15.5. The lowest BCUT2D eigenvalue weighted by atomic mass is 9.89. The molecular weight excluding hydrogens is 262 g/mol. The molecule has 108 valence electrons. The maximum Gasteiger partial charge on any atom is 0.338 e. The predicted molar refractivity (Wildman–Crippen MR) is 81.9 cm³/mol. The van der Waals surface area contributed by atoms with Crippen LogP contribution in [-0.2, 0) is 17.7 Å². The largest absolute Gasteiger partial charge is 0.454 e. The number of nitrogens with two attached hydrogens (primary N) is 1. The number of esters is 1. The van der Waals surface area contributed by atoms with Gasteiger partial charge in [0.15, 0.2) is 0 Å². The third-order valence-corrected chi connectivity index (χ3v) is 3.99. The molecule has 0 radical (unpaired) electrons. The van der Waals surface area contributed by atoms with Crippen molar-refractivity contribution in [3.8, 4) is 0 Å². The number of fused-ring (bicyclic) bond motifs is 1. The summed E-state index contributed by atoms with van der Waals surface area (Å²) in [5.74, 6) is -0.264. The van der Waals surface area contributed by atoms with Crippen molar-refractivity contribution in [2.75, 3.05) is 0 Å². The molecule has 0 heterocycles. The zero-order valence-electron chi connectivity index (χ0n) is 11.9. The van der Waals surface area contributed by atoms with Crippen LogP contribution in [0, 0.1) is 0 Å². The lowest BCUT2D eigenvalue weighted by Crippen LogP contribution is -2.17. The Balaban J connectivity index is 1.76. The molecule has 0 bridgehead atoms. The summed E-state index contributed by atoms with van der Waals surface area (Å²) in [5.41, 5.74) is 9.59. The molecule has 0 aromatic heterocycles. The van der Waals surface area contributed by atoms with E-state index in [0.717, 1.165) is 30.4 Å². The van der Waals surface area contributed by atoms with Crippen LogP contribution < -0.4 is 5.73 Å². The van der Waals surface area contributed by atoms with Gasteiger partial charge in [-0.1, -0.05) is 36.4 Å². The van der Waals surface area contributed by atoms with E-state index in [2.05, 4.69) is 12.1 Å². The molecule has 3 nitrogen and oxygen atoms in total. The van der Waals surface area contributed by atoms with E-state index < -0.39 is 0 Å². The number of rotatable bonds is 3. The monoisotopic (exact) mass is 281 g/mol. The fraction of sp³-hybridized carbons (Fsp3) is 0.278. The lowest BCUT2D eigenvalue weighted by Gasteiger charge is -2.25. The molecule has 21 heavy (non-hydrogen) atoms. The molecular formula is C18H19NO2. The average Bonchev–Trinajstić information content (AvgIpc) is 2.55. The second-order valence-corrected chi connectivity index (χ2v) is 5.39. The van der Waals surface area contributed by atoms with Gasteiger partial charge in [0, 0.05) is 6.54 Å². The first-order chi connectivity index (χ1) is 10.3. The number of hydrogen-bond donors (Lipinski definition) is 1. The number of carbonyl (C=O) groups excluding carboxylic acids is 1. The lowest BCUT2D eigenvalue weighted by molar-refractivity contribution is 0.0256. The number of carbonyl (C=O) groups is 1. The first kappa shape index (κ1) is 13.8. The number of aryl methyl sites for hydroxylation is 1. The van der Waals surface area contributed by atoms with Gasteiger partial charge in [0.25, 0.3) is 0 Å². The van der Waals surface area contributed by atoms with Crippen LogP contribution in [0.3, 0.4) is 0 Å². The highest BCUT2D eigenvalue weighted by atomic mass is 16.5. The van der Waals surface area contributed by atoms with Crippen LogP contribution in [0.1, 0.15) is 46.0 Å². The summed E-state index contributed by atoms with van der Waals surface area (Å²) in [6.07, 6.45) is 2.89. The van der Waals surface area contributed by atoms with Gasteiger partial charge in [0.2, 0.25) is 0 Å². The van der Waals surface area contributed by atoms with Gasteiger partial charge in [0.05, 0.1) is 5.56 Å². The Morgan fingerprint density at radius 3 is 2.67 bits per heavy atom. The van der Waals surface area contributed by atoms with Crippen LogP contribution in [0.25, 0.3) is 0 Å². The van der Waals surface area contributed by atoms with Crippen LogP contribution in [0.4, 0.5) is 0 Å². The molecule has 1 aliphatic carbocycles. The number of ether oxygens (including phenoxy) is 1. The summed E-state index contributed by atoms with van der Waals surface area (Å²) in [4.78, 5) is 12.3. The third-order valence-electron chi connectivity index (χ3n) is 3.99. The second-order valence-electron chi connectivity index (χ2n) is 5.39. The minimum atomic E-state index is -0.264. The van der Waals surface area contributed by atoms with Crippen LogP contribution in [0.15, 0.2) is 48.5 Å². The van der Waals surface area contributed by atoms with Gasteiger partial charge in [-0.05, 0) is 48.1 Å². The van der Waals surface area contributed by atoms with E-state index in [1.54, 1.807) is 12.1 Å². The molecule has 2 N–H and O–H groups in total. The molecule has 1 atom stereocenters. The highest BCUT2D eigenvalue weighted by Crippen LogP contribution is 2.32.